The molecule has 7 heteroatoms. The number of hydrogen-bond acceptors (Lipinski definition) is 3. The Bertz CT molecular complexity index is 734. The van der Waals surface area contributed by atoms with Crippen LogP contribution in [-0.2, 0) is 11.2 Å². The molecule has 2 aromatic rings. The van der Waals surface area contributed by atoms with Gasteiger partial charge in [0.2, 0.25) is 5.91 Å². The van der Waals surface area contributed by atoms with Gasteiger partial charge in [-0.25, -0.2) is 4.39 Å². The van der Waals surface area contributed by atoms with E-state index in [1.54, 1.807) is 24.3 Å². The van der Waals surface area contributed by atoms with Crippen molar-refractivity contribution in [2.24, 2.45) is 5.92 Å². The molecule has 4 nitrogen and oxygen atoms in total. The molecule has 0 radical (unpaired) electrons. The number of alkyl halides is 2. The summed E-state index contributed by atoms with van der Waals surface area (Å²) >= 11 is 0. The molecule has 2 aromatic carbocycles. The lowest BCUT2D eigenvalue weighted by Crippen LogP contribution is -2.38. The van der Waals surface area contributed by atoms with Gasteiger partial charge in [-0.1, -0.05) is 38.1 Å². The molecule has 2 rings (SSSR count). The number of carbonyl (C=O) groups excluding carboxylic acids is 1. The molecule has 0 aromatic heterocycles. The van der Waals surface area contributed by atoms with Gasteiger partial charge >= 0.3 is 6.61 Å². The number of ether oxygens (including phenoxy) is 1. The summed E-state index contributed by atoms with van der Waals surface area (Å²) in [6.07, 6.45) is 0.576. The summed E-state index contributed by atoms with van der Waals surface area (Å²) in [6.45, 7) is 1.78. The fourth-order valence-electron chi connectivity index (χ4n) is 2.86. The van der Waals surface area contributed by atoms with Gasteiger partial charge in [0.25, 0.3) is 0 Å². The number of benzene rings is 2. The van der Waals surface area contributed by atoms with Crippen molar-refractivity contribution in [3.05, 3.63) is 65.5 Å². The largest absolute Gasteiger partial charge is 0.435 e. The number of rotatable bonds is 10. The number of hydrogen-bond donors (Lipinski definition) is 2. The molecule has 1 amide bonds. The van der Waals surface area contributed by atoms with E-state index in [1.807, 2.05) is 13.8 Å². The van der Waals surface area contributed by atoms with Gasteiger partial charge in [0.05, 0.1) is 6.54 Å². The smallest absolute Gasteiger partial charge is 0.387 e. The second kappa shape index (κ2) is 10.7. The van der Waals surface area contributed by atoms with E-state index < -0.39 is 6.61 Å². The van der Waals surface area contributed by atoms with Crippen LogP contribution in [-0.4, -0.2) is 25.6 Å². The Morgan fingerprint density at radius 1 is 1.04 bits per heavy atom. The Morgan fingerprint density at radius 2 is 1.68 bits per heavy atom. The lowest BCUT2D eigenvalue weighted by atomic mass is 9.96. The minimum absolute atomic E-state index is 0.0614. The van der Waals surface area contributed by atoms with Crippen LogP contribution in [0.1, 0.15) is 31.0 Å². The Balaban J connectivity index is 1.76. The van der Waals surface area contributed by atoms with Crippen molar-refractivity contribution >= 4 is 5.91 Å². The van der Waals surface area contributed by atoms with Gasteiger partial charge in [0, 0.05) is 12.6 Å². The topological polar surface area (TPSA) is 50.4 Å². The summed E-state index contributed by atoms with van der Waals surface area (Å²) in [5, 5.41) is 6.03. The van der Waals surface area contributed by atoms with Crippen LogP contribution < -0.4 is 15.4 Å². The van der Waals surface area contributed by atoms with Crippen molar-refractivity contribution < 1.29 is 22.7 Å². The van der Waals surface area contributed by atoms with Gasteiger partial charge in [-0.2, -0.15) is 8.78 Å². The first-order valence-electron chi connectivity index (χ1n) is 9.14. The zero-order valence-electron chi connectivity index (χ0n) is 15.9. The van der Waals surface area contributed by atoms with Crippen molar-refractivity contribution in [1.82, 2.24) is 10.6 Å². The van der Waals surface area contributed by atoms with E-state index in [2.05, 4.69) is 15.4 Å². The molecule has 28 heavy (non-hydrogen) atoms. The normalized spacial score (nSPS) is 12.2. The third-order valence-corrected chi connectivity index (χ3v) is 4.26. The summed E-state index contributed by atoms with van der Waals surface area (Å²) in [5.41, 5.74) is 1.83. The highest BCUT2D eigenvalue weighted by molar-refractivity contribution is 5.78. The molecule has 1 unspecified atom stereocenters. The van der Waals surface area contributed by atoms with Crippen LogP contribution in [0.25, 0.3) is 0 Å². The SMILES string of the molecule is CC(C)C(NCC(=O)NCCc1ccc(OC(F)F)cc1)c1ccc(F)cc1. The second-order valence-electron chi connectivity index (χ2n) is 6.78. The second-order valence-corrected chi connectivity index (χ2v) is 6.78. The lowest BCUT2D eigenvalue weighted by Gasteiger charge is -2.22. The molecular formula is C21H25F3N2O2. The molecule has 0 aliphatic heterocycles. The van der Waals surface area contributed by atoms with Crippen LogP contribution in [0.4, 0.5) is 13.2 Å². The number of carbonyl (C=O) groups is 1. The first-order chi connectivity index (χ1) is 13.3. The van der Waals surface area contributed by atoms with Crippen molar-refractivity contribution in [1.29, 1.82) is 0 Å². The predicted molar refractivity (Wildman–Crippen MR) is 102 cm³/mol. The first kappa shape index (κ1) is 21.8. The monoisotopic (exact) mass is 394 g/mol. The average Bonchev–Trinajstić information content (AvgIpc) is 2.64. The molecule has 0 heterocycles. The Morgan fingerprint density at radius 3 is 2.25 bits per heavy atom. The third-order valence-electron chi connectivity index (χ3n) is 4.26. The van der Waals surface area contributed by atoms with Gasteiger partial charge in [0.15, 0.2) is 0 Å². The van der Waals surface area contributed by atoms with Crippen LogP contribution in [0.3, 0.4) is 0 Å². The molecule has 152 valence electrons. The summed E-state index contributed by atoms with van der Waals surface area (Å²) in [5.74, 6) is -0.108. The van der Waals surface area contributed by atoms with E-state index in [0.717, 1.165) is 11.1 Å². The van der Waals surface area contributed by atoms with Crippen molar-refractivity contribution in [3.8, 4) is 5.75 Å². The zero-order chi connectivity index (χ0) is 20.5. The van der Waals surface area contributed by atoms with Gasteiger partial charge in [-0.3, -0.25) is 4.79 Å². The van der Waals surface area contributed by atoms with Crippen molar-refractivity contribution in [3.63, 3.8) is 0 Å². The van der Waals surface area contributed by atoms with Gasteiger partial charge in [0.1, 0.15) is 11.6 Å². The highest BCUT2D eigenvalue weighted by atomic mass is 19.3. The molecule has 0 saturated carbocycles. The minimum atomic E-state index is -2.85. The van der Waals surface area contributed by atoms with Crippen molar-refractivity contribution in [2.45, 2.75) is 32.9 Å². The number of halogens is 3. The fourth-order valence-corrected chi connectivity index (χ4v) is 2.86. The van der Waals surface area contributed by atoms with Crippen LogP contribution >= 0.6 is 0 Å². The molecule has 0 fully saturated rings. The fraction of sp³-hybridized carbons (Fsp3) is 0.381. The molecule has 0 bridgehead atoms. The summed E-state index contributed by atoms with van der Waals surface area (Å²) in [4.78, 5) is 12.1. The van der Waals surface area contributed by atoms with E-state index in [0.29, 0.717) is 13.0 Å². The predicted octanol–water partition coefficient (Wildman–Crippen LogP) is 4.07. The summed E-state index contributed by atoms with van der Waals surface area (Å²) < 4.78 is 41.6. The standard InChI is InChI=1S/C21H25F3N2O2/c1-14(2)20(16-5-7-17(22)8-6-16)26-13-19(27)25-12-11-15-3-9-18(10-4-15)28-21(23)24/h3-10,14,20-21,26H,11-13H2,1-2H3,(H,25,27). The van der Waals surface area contributed by atoms with Gasteiger partial charge in [-0.15, -0.1) is 0 Å². The molecular weight excluding hydrogens is 369 g/mol. The number of amides is 1. The third kappa shape index (κ3) is 7.23. The van der Waals surface area contributed by atoms with Crippen molar-refractivity contribution in [2.75, 3.05) is 13.1 Å². The quantitative estimate of drug-likeness (QED) is 0.639. The summed E-state index contributed by atoms with van der Waals surface area (Å²) in [7, 11) is 0. The minimum Gasteiger partial charge on any atom is -0.435 e. The van der Waals surface area contributed by atoms with Crippen LogP contribution in [0.5, 0.6) is 5.75 Å². The van der Waals surface area contributed by atoms with Gasteiger partial charge < -0.3 is 15.4 Å². The summed E-state index contributed by atoms with van der Waals surface area (Å²) in [6, 6.07) is 12.5. The maximum atomic E-state index is 13.1. The van der Waals surface area contributed by atoms with E-state index in [1.165, 1.54) is 24.3 Å². The first-order valence-corrected chi connectivity index (χ1v) is 9.14. The molecule has 0 saturated heterocycles. The van der Waals surface area contributed by atoms with E-state index in [9.17, 15) is 18.0 Å². The van der Waals surface area contributed by atoms with E-state index >= 15 is 0 Å². The Hall–Kier alpha value is -2.54. The maximum Gasteiger partial charge on any atom is 0.387 e. The molecule has 0 aliphatic rings. The van der Waals surface area contributed by atoms with Crippen LogP contribution in [0.15, 0.2) is 48.5 Å². The molecule has 0 spiro atoms. The molecule has 0 aliphatic carbocycles. The van der Waals surface area contributed by atoms with Gasteiger partial charge in [-0.05, 0) is 47.7 Å². The average molecular weight is 394 g/mol. The van der Waals surface area contributed by atoms with E-state index in [4.69, 9.17) is 0 Å². The number of nitrogens with one attached hydrogen (secondary N) is 2. The Kier molecular flexibility index (Phi) is 8.32. The highest BCUT2D eigenvalue weighted by Crippen LogP contribution is 2.21. The highest BCUT2D eigenvalue weighted by Gasteiger charge is 2.16. The maximum absolute atomic E-state index is 13.1. The van der Waals surface area contributed by atoms with Crippen LogP contribution in [0.2, 0.25) is 0 Å². The van der Waals surface area contributed by atoms with E-state index in [-0.39, 0.29) is 36.0 Å². The van der Waals surface area contributed by atoms with Crippen LogP contribution in [0, 0.1) is 11.7 Å². The zero-order valence-corrected chi connectivity index (χ0v) is 15.9. The Labute approximate surface area is 163 Å². The lowest BCUT2D eigenvalue weighted by molar-refractivity contribution is -0.120. The molecule has 2 N–H and O–H groups in total. The molecule has 1 atom stereocenters.